The van der Waals surface area contributed by atoms with Crippen molar-refractivity contribution in [1.82, 2.24) is 0 Å². The molecule has 0 spiro atoms. The molecule has 12 aromatic rings. The molecule has 6 heterocycles. The summed E-state index contributed by atoms with van der Waals surface area (Å²) < 4.78 is 5.84. The highest BCUT2D eigenvalue weighted by Gasteiger charge is 2.57. The van der Waals surface area contributed by atoms with Gasteiger partial charge in [-0.3, -0.25) is 0 Å². The van der Waals surface area contributed by atoms with E-state index in [0.717, 1.165) is 44.9 Å². The van der Waals surface area contributed by atoms with Crippen LogP contribution in [0.4, 0.5) is 68.2 Å². The summed E-state index contributed by atoms with van der Waals surface area (Å²) in [5.41, 5.74) is 50.4. The van der Waals surface area contributed by atoms with Gasteiger partial charge in [-0.2, -0.15) is 0 Å². The summed E-state index contributed by atoms with van der Waals surface area (Å²) >= 11 is 4.28. The fourth-order valence-electron chi connectivity index (χ4n) is 30.9. The highest BCUT2D eigenvalue weighted by molar-refractivity contribution is 7.34. The van der Waals surface area contributed by atoms with E-state index in [1.165, 1.54) is 256 Å². The van der Waals surface area contributed by atoms with Gasteiger partial charge in [0.2, 0.25) is 0 Å². The van der Waals surface area contributed by atoms with E-state index in [-0.39, 0.29) is 100 Å². The fourth-order valence-corrected chi connectivity index (χ4v) is 33.6. The van der Waals surface area contributed by atoms with E-state index in [9.17, 15) is 0 Å². The van der Waals surface area contributed by atoms with Gasteiger partial charge in [-0.15, -0.1) is 22.7 Å². The molecule has 4 aliphatic heterocycles. The lowest BCUT2D eigenvalue weighted by Gasteiger charge is -2.52. The molecule has 0 amide bonds. The lowest BCUT2D eigenvalue weighted by Crippen LogP contribution is -2.61. The van der Waals surface area contributed by atoms with Crippen LogP contribution in [0.5, 0.6) is 0 Å². The van der Waals surface area contributed by atoms with Crippen molar-refractivity contribution in [2.24, 2.45) is 5.92 Å². The minimum Gasteiger partial charge on any atom is -0.311 e. The lowest BCUT2D eigenvalue weighted by molar-refractivity contribution is 0.152. The minimum absolute atomic E-state index is 0.00230. The number of benzene rings is 10. The number of aryl methyl sites for hydroxylation is 3. The topological polar surface area (TPSA) is 13.0 Å². The maximum Gasteiger partial charge on any atom is 0.264 e. The highest BCUT2D eigenvalue weighted by atomic mass is 32.1. The molecule has 720 valence electrons. The van der Waals surface area contributed by atoms with Crippen LogP contribution in [0, 0.1) is 26.7 Å². The number of nitrogens with zero attached hydrogens (tertiary/aromatic N) is 4. The maximum absolute atomic E-state index is 2.86. The first-order valence-corrected chi connectivity index (χ1v) is 55.9. The first-order valence-electron chi connectivity index (χ1n) is 54.3. The van der Waals surface area contributed by atoms with Gasteiger partial charge in [0.25, 0.3) is 13.4 Å². The molecule has 0 saturated heterocycles. The Labute approximate surface area is 845 Å². The average Bonchev–Trinajstić information content (AvgIpc) is 1.64. The van der Waals surface area contributed by atoms with Crippen molar-refractivity contribution in [2.45, 2.75) is 425 Å². The number of fused-ring (bicyclic) bond motifs is 20. The molecule has 12 aliphatic rings. The quantitative estimate of drug-likeness (QED) is 0.154. The van der Waals surface area contributed by atoms with Gasteiger partial charge in [-0.1, -0.05) is 257 Å². The van der Waals surface area contributed by atoms with Gasteiger partial charge in [0, 0.05) is 86.6 Å². The summed E-state index contributed by atoms with van der Waals surface area (Å²) in [6.45, 7) is 86.8. The Hall–Kier alpha value is -8.55. The highest BCUT2D eigenvalue weighted by Crippen LogP contribution is 2.65. The summed E-state index contributed by atoms with van der Waals surface area (Å²) in [5.74, 6) is 0.366. The molecule has 2 atom stereocenters. The minimum atomic E-state index is -0.204. The van der Waals surface area contributed by atoms with Crippen LogP contribution in [0.1, 0.15) is 423 Å². The van der Waals surface area contributed by atoms with Crippen LogP contribution in [0.25, 0.3) is 20.2 Å². The van der Waals surface area contributed by atoms with Crippen LogP contribution in [0.3, 0.4) is 0 Å². The zero-order chi connectivity index (χ0) is 98.7. The van der Waals surface area contributed by atoms with Crippen LogP contribution in [-0.4, -0.2) is 13.4 Å². The van der Waals surface area contributed by atoms with E-state index in [4.69, 9.17) is 0 Å². The number of hydrogen-bond acceptors (Lipinski definition) is 6. The van der Waals surface area contributed by atoms with E-state index in [2.05, 4.69) is 417 Å². The molecule has 0 fully saturated rings. The smallest absolute Gasteiger partial charge is 0.264 e. The van der Waals surface area contributed by atoms with Crippen molar-refractivity contribution in [3.8, 4) is 0 Å². The molecule has 8 aliphatic carbocycles. The van der Waals surface area contributed by atoms with Gasteiger partial charge in [-0.25, -0.2) is 0 Å². The van der Waals surface area contributed by atoms with Crippen LogP contribution < -0.4 is 51.0 Å². The molecule has 139 heavy (non-hydrogen) atoms. The van der Waals surface area contributed by atoms with Crippen molar-refractivity contribution in [1.29, 1.82) is 0 Å². The van der Waals surface area contributed by atoms with E-state index < -0.39 is 0 Å². The van der Waals surface area contributed by atoms with E-state index in [0.29, 0.717) is 5.92 Å². The second kappa shape index (κ2) is 28.8. The number of thiophene rings is 2. The molecule has 8 heteroatoms. The lowest BCUT2D eigenvalue weighted by atomic mass is 9.35. The number of hydrogen-bond donors (Lipinski definition) is 0. The Morgan fingerprint density at radius 2 is 0.554 bits per heavy atom. The second-order valence-electron chi connectivity index (χ2n) is 57.6. The van der Waals surface area contributed by atoms with Crippen LogP contribution in [0.2, 0.25) is 0 Å². The van der Waals surface area contributed by atoms with E-state index in [1.54, 1.807) is 27.8 Å². The summed E-state index contributed by atoms with van der Waals surface area (Å²) in [6, 6.07) is 61.6. The number of anilines is 12. The third-order valence-electron chi connectivity index (χ3n) is 41.2. The number of rotatable bonds is 6. The van der Waals surface area contributed by atoms with Crippen molar-refractivity contribution < 1.29 is 0 Å². The Kier molecular flexibility index (Phi) is 19.2. The van der Waals surface area contributed by atoms with E-state index in [1.807, 2.05) is 0 Å². The largest absolute Gasteiger partial charge is 0.311 e. The second-order valence-corrected chi connectivity index (χ2v) is 59.7. The summed E-state index contributed by atoms with van der Waals surface area (Å²) in [4.78, 5) is 11.4. The Morgan fingerprint density at radius 1 is 0.259 bits per heavy atom. The predicted octanol–water partition coefficient (Wildman–Crippen LogP) is 33.3. The standard InChI is InChI=1S/C131H158B2N4S2/c1-74-56-106-111-107(57-74)137(103-67-92-85(59-76(103)3)118(8,9)45-50-124(92,20)21)105-69-94-90(122(16,17)48-52-126(94,24)25)65-99(105)133(111)115-113(135(106)78-38-40-82-86(60-78)119(10,11)43-42-116(82,4)5)81-63-88-97(71-109(81)139-115)131(34,55-54-128(88,28)29)73-77-72-129(30,31)83-41-39-79(61-96(83)130(77,32)33)134-100-36-35-37-101-110(100)132(114-112(134)80-62-87-95(70-108(80)138-114)127(26,27)53-46-120(87,12)13)98-64-89-93(125(22,23)51-47-121(89,14)15)68-104(98)136(101)102-66-91-84(58-75(102)2)117(6,7)44-49-123(91,18)19/h35-41,56-71,77H,42-55,72-73H2,1-34H3. The first-order chi connectivity index (χ1) is 64.6. The fraction of sp³-hybridized carbons (Fsp3) is 0.511. The zero-order valence-electron chi connectivity index (χ0n) is 91.4. The summed E-state index contributed by atoms with van der Waals surface area (Å²) in [6.07, 6.45) is 18.6. The Morgan fingerprint density at radius 3 is 0.971 bits per heavy atom. The maximum atomic E-state index is 2.86. The molecule has 10 aromatic carbocycles. The average molecular weight is 1870 g/mol. The summed E-state index contributed by atoms with van der Waals surface area (Å²) in [5, 5.41) is 2.84. The molecular weight excluding hydrogens is 1720 g/mol. The monoisotopic (exact) mass is 1870 g/mol. The Balaban J connectivity index is 0.691. The zero-order valence-corrected chi connectivity index (χ0v) is 93.1. The van der Waals surface area contributed by atoms with Gasteiger partial charge in [0.05, 0.1) is 11.4 Å². The van der Waals surface area contributed by atoms with E-state index >= 15 is 0 Å². The predicted molar refractivity (Wildman–Crippen MR) is 606 cm³/mol. The normalized spacial score (nSPS) is 24.2. The van der Waals surface area contributed by atoms with Crippen molar-refractivity contribution in [3.05, 3.63) is 245 Å². The van der Waals surface area contributed by atoms with Crippen molar-refractivity contribution >= 4 is 156 Å². The molecule has 0 radical (unpaired) electrons. The molecule has 2 unspecified atom stereocenters. The van der Waals surface area contributed by atoms with Gasteiger partial charge in [-0.05, 0) is 441 Å². The van der Waals surface area contributed by atoms with Crippen LogP contribution in [-0.2, 0) is 86.6 Å². The van der Waals surface area contributed by atoms with Crippen molar-refractivity contribution in [3.63, 3.8) is 0 Å². The van der Waals surface area contributed by atoms with Gasteiger partial charge < -0.3 is 19.6 Å². The Bertz CT molecular complexity index is 7420. The molecule has 24 rings (SSSR count). The molecule has 0 bridgehead atoms. The molecular formula is C131H158B2N4S2. The van der Waals surface area contributed by atoms with Crippen LogP contribution >= 0.6 is 22.7 Å². The third kappa shape index (κ3) is 13.1. The molecule has 0 N–H and O–H groups in total. The van der Waals surface area contributed by atoms with Crippen molar-refractivity contribution in [2.75, 3.05) is 19.6 Å². The van der Waals surface area contributed by atoms with Gasteiger partial charge in [0.15, 0.2) is 0 Å². The third-order valence-corrected chi connectivity index (χ3v) is 43.6. The molecule has 4 nitrogen and oxygen atoms in total. The molecule has 2 aromatic heterocycles. The SMILES string of the molecule is Cc1cc2c3c(c1)N(c1ccc4c(c1)C(C)(C)CCC4(C)C)c1c(sc4cc5c(cc14)C(C)(C)CCC5(C)CC1CC(C)(C)c4ccc(N5c6cccc7c6B(c6cc8c(cc6N7c6cc7c(cc6C)C(C)(C)CCC7(C)C)C(C)(C)CCC8(C)C)c6sc7cc8c(cc7c65)C(C)(C)CCC8(C)C)cc4C1(C)C)B3c1cc3c(cc1N2c1cc2c(cc1C)C(C)(C)CCC2(C)C)C(C)(C)CCC3(C)C. The van der Waals surface area contributed by atoms with Crippen LogP contribution in [0.15, 0.2) is 140 Å². The molecule has 0 saturated carbocycles. The summed E-state index contributed by atoms with van der Waals surface area (Å²) in [7, 11) is 0. The van der Waals surface area contributed by atoms with Gasteiger partial charge >= 0.3 is 0 Å². The first kappa shape index (κ1) is 92.8. The van der Waals surface area contributed by atoms with Gasteiger partial charge in [0.1, 0.15) is 0 Å².